The Morgan fingerprint density at radius 1 is 1.31 bits per heavy atom. The maximum atomic E-state index is 12.9. The van der Waals surface area contributed by atoms with Gasteiger partial charge in [0.05, 0.1) is 11.3 Å². The van der Waals surface area contributed by atoms with Crippen molar-refractivity contribution in [3.8, 4) is 0 Å². The number of thiocarbonyl (C=S) groups is 1. The highest BCUT2D eigenvalue weighted by atomic mass is 35.5. The van der Waals surface area contributed by atoms with E-state index in [0.29, 0.717) is 15.6 Å². The zero-order chi connectivity index (χ0) is 19.0. The molecule has 132 valence electrons. The van der Waals surface area contributed by atoms with Gasteiger partial charge in [-0.15, -0.1) is 11.3 Å². The van der Waals surface area contributed by atoms with E-state index in [0.717, 1.165) is 4.88 Å². The number of carbonyl (C=O) groups excluding carboxylic acids is 2. The van der Waals surface area contributed by atoms with Crippen molar-refractivity contribution in [1.82, 2.24) is 5.32 Å². The number of carbonyl (C=O) groups is 3. The Balaban J connectivity index is 2.06. The van der Waals surface area contributed by atoms with Crippen LogP contribution in [0.4, 0.5) is 5.69 Å². The van der Waals surface area contributed by atoms with Gasteiger partial charge in [0.2, 0.25) is 0 Å². The normalized spacial score (nSPS) is 16.2. The number of hydrogen-bond donors (Lipinski definition) is 2. The molecule has 3 rings (SSSR count). The number of rotatable bonds is 3. The Kier molecular flexibility index (Phi) is 4.90. The van der Waals surface area contributed by atoms with Crippen LogP contribution in [0.1, 0.15) is 20.1 Å². The van der Waals surface area contributed by atoms with Crippen molar-refractivity contribution in [3.63, 3.8) is 0 Å². The van der Waals surface area contributed by atoms with Crippen molar-refractivity contribution in [2.45, 2.75) is 6.92 Å². The summed E-state index contributed by atoms with van der Waals surface area (Å²) in [4.78, 5) is 38.7. The number of hydrogen-bond acceptors (Lipinski definition) is 5. The molecule has 2 aromatic rings. The lowest BCUT2D eigenvalue weighted by atomic mass is 10.1. The first kappa shape index (κ1) is 18.2. The topological polar surface area (TPSA) is 86.7 Å². The van der Waals surface area contributed by atoms with Crippen LogP contribution in [0.2, 0.25) is 5.02 Å². The number of aromatic carboxylic acids is 1. The largest absolute Gasteiger partial charge is 0.478 e. The number of benzene rings is 1. The van der Waals surface area contributed by atoms with Gasteiger partial charge in [-0.05, 0) is 55.5 Å². The molecule has 0 saturated carbocycles. The fourth-order valence-corrected chi connectivity index (χ4v) is 3.78. The Hall–Kier alpha value is -2.55. The molecule has 0 unspecified atom stereocenters. The van der Waals surface area contributed by atoms with E-state index in [-0.39, 0.29) is 16.2 Å². The number of thiophene rings is 1. The van der Waals surface area contributed by atoms with Gasteiger partial charge in [0.1, 0.15) is 5.57 Å². The maximum Gasteiger partial charge on any atom is 0.337 e. The van der Waals surface area contributed by atoms with E-state index in [4.69, 9.17) is 23.8 Å². The molecule has 0 bridgehead atoms. The summed E-state index contributed by atoms with van der Waals surface area (Å²) in [7, 11) is 0. The van der Waals surface area contributed by atoms with Crippen LogP contribution in [0.3, 0.4) is 0 Å². The SMILES string of the molecule is Cc1cc(C(=O)O)c(/C=C2\C(=O)NC(=S)N(c3ccc(Cl)cc3)C2=O)s1. The van der Waals surface area contributed by atoms with Crippen molar-refractivity contribution in [1.29, 1.82) is 0 Å². The van der Waals surface area contributed by atoms with Gasteiger partial charge in [-0.2, -0.15) is 0 Å². The van der Waals surface area contributed by atoms with Gasteiger partial charge in [-0.1, -0.05) is 11.6 Å². The van der Waals surface area contributed by atoms with Crippen LogP contribution in [0.15, 0.2) is 35.9 Å². The van der Waals surface area contributed by atoms with Crippen LogP contribution < -0.4 is 10.2 Å². The molecule has 1 saturated heterocycles. The molecule has 2 heterocycles. The molecule has 0 atom stereocenters. The van der Waals surface area contributed by atoms with E-state index in [1.54, 1.807) is 31.2 Å². The standard InChI is InChI=1S/C17H11ClN2O4S2/c1-8-6-11(16(23)24)13(26-8)7-12-14(21)19-17(25)20(15(12)22)10-4-2-9(18)3-5-10/h2-7H,1H3,(H,23,24)(H,19,21,25)/b12-7+. The summed E-state index contributed by atoms with van der Waals surface area (Å²) in [6.07, 6.45) is 1.28. The molecular formula is C17H11ClN2O4S2. The fourth-order valence-electron chi connectivity index (χ4n) is 2.42. The second kappa shape index (κ2) is 6.99. The number of anilines is 1. The molecule has 2 amide bonds. The third-order valence-corrected chi connectivity index (χ3v) is 5.11. The zero-order valence-electron chi connectivity index (χ0n) is 13.3. The minimum Gasteiger partial charge on any atom is -0.478 e. The number of nitrogens with one attached hydrogen (secondary N) is 1. The second-order valence-electron chi connectivity index (χ2n) is 5.37. The average Bonchev–Trinajstić information content (AvgIpc) is 2.94. The summed E-state index contributed by atoms with van der Waals surface area (Å²) in [6.45, 7) is 1.75. The number of halogens is 1. The molecule has 6 nitrogen and oxygen atoms in total. The summed E-state index contributed by atoms with van der Waals surface area (Å²) in [5.41, 5.74) is 0.279. The van der Waals surface area contributed by atoms with Gasteiger partial charge in [-0.3, -0.25) is 19.8 Å². The van der Waals surface area contributed by atoms with Gasteiger partial charge < -0.3 is 5.11 Å². The van der Waals surface area contributed by atoms with Crippen LogP contribution in [0, 0.1) is 6.92 Å². The molecule has 1 aliphatic heterocycles. The number of aryl methyl sites for hydroxylation is 1. The molecular weight excluding hydrogens is 396 g/mol. The fraction of sp³-hybridized carbons (Fsp3) is 0.0588. The van der Waals surface area contributed by atoms with Crippen LogP contribution in [-0.2, 0) is 9.59 Å². The van der Waals surface area contributed by atoms with Crippen LogP contribution in [-0.4, -0.2) is 28.0 Å². The molecule has 0 aliphatic carbocycles. The number of carboxylic acid groups (broad SMARTS) is 1. The third kappa shape index (κ3) is 3.39. The van der Waals surface area contributed by atoms with Crippen LogP contribution in [0.5, 0.6) is 0 Å². The number of carboxylic acids is 1. The molecule has 26 heavy (non-hydrogen) atoms. The summed E-state index contributed by atoms with van der Waals surface area (Å²) in [6, 6.07) is 7.88. The summed E-state index contributed by atoms with van der Waals surface area (Å²) in [5.74, 6) is -2.44. The number of nitrogens with zero attached hydrogens (tertiary/aromatic N) is 1. The van der Waals surface area contributed by atoms with E-state index >= 15 is 0 Å². The highest BCUT2D eigenvalue weighted by Crippen LogP contribution is 2.28. The van der Waals surface area contributed by atoms with E-state index in [9.17, 15) is 19.5 Å². The Morgan fingerprint density at radius 3 is 2.58 bits per heavy atom. The first-order valence-electron chi connectivity index (χ1n) is 7.28. The highest BCUT2D eigenvalue weighted by molar-refractivity contribution is 7.80. The summed E-state index contributed by atoms with van der Waals surface area (Å²) >= 11 is 12.1. The molecule has 1 aromatic heterocycles. The molecule has 0 spiro atoms. The second-order valence-corrected chi connectivity index (χ2v) is 7.49. The van der Waals surface area contributed by atoms with Gasteiger partial charge in [0, 0.05) is 14.8 Å². The van der Waals surface area contributed by atoms with Crippen molar-refractivity contribution < 1.29 is 19.5 Å². The Morgan fingerprint density at radius 2 is 1.96 bits per heavy atom. The Labute approximate surface area is 162 Å². The van der Waals surface area contributed by atoms with E-state index in [1.165, 1.54) is 28.4 Å². The lowest BCUT2D eigenvalue weighted by Gasteiger charge is -2.28. The lowest BCUT2D eigenvalue weighted by molar-refractivity contribution is -0.122. The minimum atomic E-state index is -1.13. The van der Waals surface area contributed by atoms with Crippen molar-refractivity contribution in [2.24, 2.45) is 0 Å². The van der Waals surface area contributed by atoms with E-state index in [2.05, 4.69) is 5.32 Å². The molecule has 0 radical (unpaired) electrons. The molecule has 1 aliphatic rings. The predicted molar refractivity (Wildman–Crippen MR) is 104 cm³/mol. The Bertz CT molecular complexity index is 979. The van der Waals surface area contributed by atoms with Crippen LogP contribution in [0.25, 0.3) is 6.08 Å². The predicted octanol–water partition coefficient (Wildman–Crippen LogP) is 3.24. The quantitative estimate of drug-likeness (QED) is 0.464. The first-order valence-corrected chi connectivity index (χ1v) is 8.89. The summed E-state index contributed by atoms with van der Waals surface area (Å²) < 4.78 is 0. The smallest absolute Gasteiger partial charge is 0.337 e. The van der Waals surface area contributed by atoms with E-state index in [1.807, 2.05) is 0 Å². The molecule has 9 heteroatoms. The summed E-state index contributed by atoms with van der Waals surface area (Å²) in [5, 5.41) is 12.2. The average molecular weight is 407 g/mol. The van der Waals surface area contributed by atoms with E-state index < -0.39 is 17.8 Å². The lowest BCUT2D eigenvalue weighted by Crippen LogP contribution is -2.54. The third-order valence-electron chi connectivity index (χ3n) is 3.58. The monoisotopic (exact) mass is 406 g/mol. The maximum absolute atomic E-state index is 12.9. The molecule has 1 fully saturated rings. The first-order chi connectivity index (χ1) is 12.3. The van der Waals surface area contributed by atoms with Gasteiger partial charge in [0.25, 0.3) is 11.8 Å². The number of amides is 2. The zero-order valence-corrected chi connectivity index (χ0v) is 15.7. The van der Waals surface area contributed by atoms with Crippen molar-refractivity contribution in [2.75, 3.05) is 4.90 Å². The molecule has 2 N–H and O–H groups in total. The van der Waals surface area contributed by atoms with Crippen LogP contribution >= 0.6 is 35.2 Å². The van der Waals surface area contributed by atoms with Crippen molar-refractivity contribution >= 4 is 69.8 Å². The minimum absolute atomic E-state index is 0.0341. The molecule has 1 aromatic carbocycles. The van der Waals surface area contributed by atoms with Gasteiger partial charge >= 0.3 is 5.97 Å². The highest BCUT2D eigenvalue weighted by Gasteiger charge is 2.35. The van der Waals surface area contributed by atoms with Crippen molar-refractivity contribution in [3.05, 3.63) is 56.2 Å². The van der Waals surface area contributed by atoms with Gasteiger partial charge in [0.15, 0.2) is 5.11 Å². The van der Waals surface area contributed by atoms with Gasteiger partial charge in [-0.25, -0.2) is 4.79 Å².